The highest BCUT2D eigenvalue weighted by atomic mass is 16.5. The molecule has 5 heteroatoms. The highest BCUT2D eigenvalue weighted by Crippen LogP contribution is 2.45. The van der Waals surface area contributed by atoms with Gasteiger partial charge in [-0.15, -0.1) is 0 Å². The predicted molar refractivity (Wildman–Crippen MR) is 49.4 cm³/mol. The van der Waals surface area contributed by atoms with Crippen molar-refractivity contribution >= 4 is 0 Å². The van der Waals surface area contributed by atoms with E-state index in [0.29, 0.717) is 17.7 Å². The molecule has 1 aromatic rings. The quantitative estimate of drug-likeness (QED) is 0.740. The lowest BCUT2D eigenvalue weighted by atomic mass is 10.2. The first kappa shape index (κ1) is 9.61. The van der Waals surface area contributed by atoms with E-state index in [1.807, 2.05) is 0 Å². The van der Waals surface area contributed by atoms with Crippen LogP contribution in [0.5, 0.6) is 0 Å². The summed E-state index contributed by atoms with van der Waals surface area (Å²) in [5, 5.41) is 13.1. The zero-order valence-electron chi connectivity index (χ0n) is 8.34. The van der Waals surface area contributed by atoms with Gasteiger partial charge in [0.15, 0.2) is 5.82 Å². The zero-order chi connectivity index (χ0) is 10.3. The number of hydrogen-bond acceptors (Lipinski definition) is 5. The Morgan fingerprint density at radius 1 is 1.64 bits per heavy atom. The van der Waals surface area contributed by atoms with Crippen LogP contribution in [0.1, 0.15) is 43.9 Å². The summed E-state index contributed by atoms with van der Waals surface area (Å²) in [6.07, 6.45) is 0.447. The molecule has 0 aliphatic heterocycles. The van der Waals surface area contributed by atoms with Crippen molar-refractivity contribution in [1.82, 2.24) is 10.1 Å². The maximum atomic E-state index is 9.24. The predicted octanol–water partition coefficient (Wildman–Crippen LogP) is 0.574. The van der Waals surface area contributed by atoms with E-state index in [0.717, 1.165) is 12.2 Å². The minimum Gasteiger partial charge on any atom is -0.391 e. The van der Waals surface area contributed by atoms with Crippen molar-refractivity contribution in [3.63, 3.8) is 0 Å². The molecule has 0 spiro atoms. The minimum atomic E-state index is -0.667. The molecule has 2 rings (SSSR count). The van der Waals surface area contributed by atoms with E-state index in [-0.39, 0.29) is 0 Å². The Kier molecular flexibility index (Phi) is 2.28. The van der Waals surface area contributed by atoms with Gasteiger partial charge >= 0.3 is 0 Å². The fourth-order valence-electron chi connectivity index (χ4n) is 1.42. The third-order valence-electron chi connectivity index (χ3n) is 2.70. The molecule has 1 aliphatic carbocycles. The van der Waals surface area contributed by atoms with E-state index in [9.17, 15) is 5.11 Å². The zero-order valence-corrected chi connectivity index (χ0v) is 8.34. The molecule has 0 amide bonds. The van der Waals surface area contributed by atoms with Gasteiger partial charge in [-0.2, -0.15) is 4.98 Å². The molecule has 0 bridgehead atoms. The molecule has 1 saturated carbocycles. The van der Waals surface area contributed by atoms with Gasteiger partial charge in [-0.05, 0) is 19.3 Å². The maximum absolute atomic E-state index is 9.24. The van der Waals surface area contributed by atoms with Gasteiger partial charge in [0.05, 0.1) is 6.10 Å². The highest BCUT2D eigenvalue weighted by molar-refractivity contribution is 5.08. The number of aromatic nitrogens is 2. The molecule has 0 radical (unpaired) electrons. The Morgan fingerprint density at radius 3 is 2.79 bits per heavy atom. The lowest BCUT2D eigenvalue weighted by Gasteiger charge is -2.08. The average Bonchev–Trinajstić information content (AvgIpc) is 2.67. The summed E-state index contributed by atoms with van der Waals surface area (Å²) in [5.41, 5.74) is 5.66. The summed E-state index contributed by atoms with van der Waals surface area (Å²) in [4.78, 5) is 4.18. The number of aliphatic hydroxyl groups excluding tert-OH is 1. The molecule has 5 nitrogen and oxygen atoms in total. The van der Waals surface area contributed by atoms with Gasteiger partial charge in [-0.25, -0.2) is 0 Å². The third-order valence-corrected chi connectivity index (χ3v) is 2.70. The van der Waals surface area contributed by atoms with Gasteiger partial charge in [0.2, 0.25) is 5.89 Å². The molecule has 4 atom stereocenters. The van der Waals surface area contributed by atoms with Crippen LogP contribution >= 0.6 is 0 Å². The number of aliphatic hydroxyl groups is 1. The topological polar surface area (TPSA) is 85.2 Å². The second-order valence-electron chi connectivity index (χ2n) is 4.08. The summed E-state index contributed by atoms with van der Waals surface area (Å²) >= 11 is 0. The first-order valence-corrected chi connectivity index (χ1v) is 4.86. The van der Waals surface area contributed by atoms with Crippen LogP contribution in [-0.4, -0.2) is 21.4 Å². The lowest BCUT2D eigenvalue weighted by Crippen LogP contribution is -2.23. The van der Waals surface area contributed by atoms with Gasteiger partial charge in [0.25, 0.3) is 0 Å². The molecule has 0 saturated heterocycles. The molecule has 14 heavy (non-hydrogen) atoms. The summed E-state index contributed by atoms with van der Waals surface area (Å²) in [5.74, 6) is 2.12. The van der Waals surface area contributed by atoms with Crippen molar-refractivity contribution in [2.24, 2.45) is 11.7 Å². The van der Waals surface area contributed by atoms with Crippen molar-refractivity contribution in [1.29, 1.82) is 0 Å². The van der Waals surface area contributed by atoms with Crippen LogP contribution in [0.15, 0.2) is 4.52 Å². The number of rotatable bonds is 3. The summed E-state index contributed by atoms with van der Waals surface area (Å²) in [6, 6.07) is -0.578. The van der Waals surface area contributed by atoms with Crippen molar-refractivity contribution in [3.05, 3.63) is 11.7 Å². The third kappa shape index (κ3) is 1.65. The van der Waals surface area contributed by atoms with Crippen molar-refractivity contribution in [2.45, 2.75) is 38.3 Å². The Hall–Kier alpha value is -0.940. The largest absolute Gasteiger partial charge is 0.391 e. The van der Waals surface area contributed by atoms with Crippen LogP contribution in [-0.2, 0) is 0 Å². The second kappa shape index (κ2) is 3.33. The Balaban J connectivity index is 2.10. The van der Waals surface area contributed by atoms with Gasteiger partial charge in [-0.3, -0.25) is 0 Å². The van der Waals surface area contributed by atoms with Crippen molar-refractivity contribution in [2.75, 3.05) is 0 Å². The molecular formula is C9H15N3O2. The molecule has 1 aromatic heterocycles. The SMILES string of the molecule is CC1CC1c1noc([C@@H](N)[C@@H](C)O)n1. The fourth-order valence-corrected chi connectivity index (χ4v) is 1.42. The van der Waals surface area contributed by atoms with Crippen molar-refractivity contribution < 1.29 is 9.63 Å². The minimum absolute atomic E-state index is 0.328. The molecular weight excluding hydrogens is 182 g/mol. The first-order valence-electron chi connectivity index (χ1n) is 4.86. The molecule has 3 N–H and O–H groups in total. The van der Waals surface area contributed by atoms with Gasteiger partial charge < -0.3 is 15.4 Å². The van der Waals surface area contributed by atoms with Crippen LogP contribution in [0.25, 0.3) is 0 Å². The van der Waals surface area contributed by atoms with Crippen LogP contribution < -0.4 is 5.73 Å². The van der Waals surface area contributed by atoms with Gasteiger partial charge in [0, 0.05) is 5.92 Å². The summed E-state index contributed by atoms with van der Waals surface area (Å²) in [7, 11) is 0. The Bertz CT molecular complexity index is 324. The van der Waals surface area contributed by atoms with Crippen LogP contribution in [0.4, 0.5) is 0 Å². The molecule has 1 fully saturated rings. The van der Waals surface area contributed by atoms with Crippen LogP contribution in [0, 0.1) is 5.92 Å². The molecule has 1 aliphatic rings. The van der Waals surface area contributed by atoms with E-state index in [2.05, 4.69) is 17.1 Å². The molecule has 2 unspecified atom stereocenters. The van der Waals surface area contributed by atoms with Crippen LogP contribution in [0.3, 0.4) is 0 Å². The summed E-state index contributed by atoms with van der Waals surface area (Å²) < 4.78 is 4.99. The number of hydrogen-bond donors (Lipinski definition) is 2. The lowest BCUT2D eigenvalue weighted by molar-refractivity contribution is 0.146. The van der Waals surface area contributed by atoms with Gasteiger partial charge in [-0.1, -0.05) is 12.1 Å². The van der Waals surface area contributed by atoms with Gasteiger partial charge in [0.1, 0.15) is 6.04 Å². The van der Waals surface area contributed by atoms with E-state index < -0.39 is 12.1 Å². The Labute approximate surface area is 82.3 Å². The smallest absolute Gasteiger partial charge is 0.246 e. The maximum Gasteiger partial charge on any atom is 0.246 e. The Morgan fingerprint density at radius 2 is 2.29 bits per heavy atom. The monoisotopic (exact) mass is 197 g/mol. The molecule has 1 heterocycles. The number of nitrogens with zero attached hydrogens (tertiary/aromatic N) is 2. The average molecular weight is 197 g/mol. The molecule has 78 valence electrons. The molecule has 0 aromatic carbocycles. The van der Waals surface area contributed by atoms with E-state index in [1.165, 1.54) is 0 Å². The number of nitrogens with two attached hydrogens (primary N) is 1. The highest BCUT2D eigenvalue weighted by Gasteiger charge is 2.38. The fraction of sp³-hybridized carbons (Fsp3) is 0.778. The normalized spacial score (nSPS) is 30.0. The standard InChI is InChI=1S/C9H15N3O2/c1-4-3-6(4)8-11-9(14-12-8)7(10)5(2)13/h4-7,13H,3,10H2,1-2H3/t4?,5-,6?,7+/m1/s1. The van der Waals surface area contributed by atoms with Crippen LogP contribution in [0.2, 0.25) is 0 Å². The first-order chi connectivity index (χ1) is 6.59. The van der Waals surface area contributed by atoms with E-state index in [4.69, 9.17) is 10.3 Å². The van der Waals surface area contributed by atoms with Crippen molar-refractivity contribution in [3.8, 4) is 0 Å². The van der Waals surface area contributed by atoms with E-state index in [1.54, 1.807) is 6.92 Å². The second-order valence-corrected chi connectivity index (χ2v) is 4.08. The van der Waals surface area contributed by atoms with E-state index >= 15 is 0 Å². The summed E-state index contributed by atoms with van der Waals surface area (Å²) in [6.45, 7) is 3.75.